The van der Waals surface area contributed by atoms with Crippen LogP contribution in [-0.4, -0.2) is 0 Å². The van der Waals surface area contributed by atoms with Gasteiger partial charge in [0, 0.05) is 9.64 Å². The lowest BCUT2D eigenvalue weighted by Gasteiger charge is -2.06. The summed E-state index contributed by atoms with van der Waals surface area (Å²) in [5.41, 5.74) is 1.07. The first-order valence-corrected chi connectivity index (χ1v) is 5.95. The summed E-state index contributed by atoms with van der Waals surface area (Å²) in [5.74, 6) is 0.295. The average Bonchev–Trinajstić information content (AvgIpc) is 2.27. The molecule has 1 nitrogen and oxygen atoms in total. The molecule has 0 spiro atoms. The molecule has 16 heavy (non-hydrogen) atoms. The fourth-order valence-corrected chi connectivity index (χ4v) is 1.96. The molecule has 0 saturated carbocycles. The van der Waals surface area contributed by atoms with Gasteiger partial charge in [-0.15, -0.1) is 0 Å². The van der Waals surface area contributed by atoms with Crippen LogP contribution >= 0.6 is 22.6 Å². The molecule has 0 bridgehead atoms. The fourth-order valence-electron chi connectivity index (χ4n) is 1.35. The lowest BCUT2D eigenvalue weighted by atomic mass is 10.2. The van der Waals surface area contributed by atoms with Crippen molar-refractivity contribution in [2.24, 2.45) is 0 Å². The Hall–Kier alpha value is -1.10. The van der Waals surface area contributed by atoms with Crippen molar-refractivity contribution >= 4 is 22.6 Å². The summed E-state index contributed by atoms with van der Waals surface area (Å²) in [6.45, 7) is 0.459. The molecule has 0 N–H and O–H groups in total. The van der Waals surface area contributed by atoms with Crippen LogP contribution in [0.5, 0.6) is 5.75 Å². The number of ether oxygens (including phenoxy) is 1. The average molecular weight is 328 g/mol. The SMILES string of the molecule is Fc1cc(I)cc(OCc2ccccc2)c1. The molecule has 0 aliphatic heterocycles. The van der Waals surface area contributed by atoms with E-state index in [1.54, 1.807) is 0 Å². The van der Waals surface area contributed by atoms with E-state index in [4.69, 9.17) is 4.74 Å². The summed E-state index contributed by atoms with van der Waals surface area (Å²) in [6.07, 6.45) is 0. The molecular formula is C13H10FIO. The minimum atomic E-state index is -0.269. The van der Waals surface area contributed by atoms with Gasteiger partial charge in [0.25, 0.3) is 0 Å². The highest BCUT2D eigenvalue weighted by molar-refractivity contribution is 14.1. The molecule has 0 heterocycles. The summed E-state index contributed by atoms with van der Waals surface area (Å²) >= 11 is 2.07. The number of halogens is 2. The van der Waals surface area contributed by atoms with Crippen LogP contribution in [0.1, 0.15) is 5.56 Å². The monoisotopic (exact) mass is 328 g/mol. The molecule has 0 aromatic heterocycles. The summed E-state index contributed by atoms with van der Waals surface area (Å²) in [4.78, 5) is 0. The van der Waals surface area contributed by atoms with E-state index in [0.29, 0.717) is 12.4 Å². The first-order chi connectivity index (χ1) is 7.74. The van der Waals surface area contributed by atoms with Crippen molar-refractivity contribution in [2.75, 3.05) is 0 Å². The smallest absolute Gasteiger partial charge is 0.127 e. The largest absolute Gasteiger partial charge is 0.489 e. The Morgan fingerprint density at radius 2 is 1.81 bits per heavy atom. The fraction of sp³-hybridized carbons (Fsp3) is 0.0769. The first-order valence-electron chi connectivity index (χ1n) is 4.87. The molecular weight excluding hydrogens is 318 g/mol. The first kappa shape index (κ1) is 11.4. The Labute approximate surface area is 107 Å². The van der Waals surface area contributed by atoms with Crippen molar-refractivity contribution in [1.29, 1.82) is 0 Å². The molecule has 0 aliphatic carbocycles. The predicted molar refractivity (Wildman–Crippen MR) is 69.9 cm³/mol. The minimum Gasteiger partial charge on any atom is -0.489 e. The standard InChI is InChI=1S/C13H10FIO/c14-11-6-12(15)8-13(7-11)16-9-10-4-2-1-3-5-10/h1-8H,9H2. The van der Waals surface area contributed by atoms with Crippen molar-refractivity contribution < 1.29 is 9.13 Å². The second-order valence-electron chi connectivity index (χ2n) is 3.38. The van der Waals surface area contributed by atoms with E-state index < -0.39 is 0 Å². The van der Waals surface area contributed by atoms with Crippen LogP contribution in [-0.2, 0) is 6.61 Å². The molecule has 0 aliphatic rings. The Morgan fingerprint density at radius 3 is 2.50 bits per heavy atom. The van der Waals surface area contributed by atoms with E-state index in [1.807, 2.05) is 36.4 Å². The lowest BCUT2D eigenvalue weighted by molar-refractivity contribution is 0.304. The number of rotatable bonds is 3. The quantitative estimate of drug-likeness (QED) is 0.774. The van der Waals surface area contributed by atoms with Gasteiger partial charge in [0.15, 0.2) is 0 Å². The maximum Gasteiger partial charge on any atom is 0.127 e. The van der Waals surface area contributed by atoms with Crippen LogP contribution in [0, 0.1) is 9.39 Å². The number of benzene rings is 2. The van der Waals surface area contributed by atoms with E-state index in [9.17, 15) is 4.39 Å². The molecule has 2 aromatic rings. The molecule has 2 rings (SSSR count). The van der Waals surface area contributed by atoms with E-state index in [-0.39, 0.29) is 5.82 Å². The molecule has 0 saturated heterocycles. The van der Waals surface area contributed by atoms with Crippen LogP contribution in [0.3, 0.4) is 0 Å². The highest BCUT2D eigenvalue weighted by Crippen LogP contribution is 2.18. The van der Waals surface area contributed by atoms with Gasteiger partial charge in [-0.1, -0.05) is 30.3 Å². The third-order valence-corrected chi connectivity index (χ3v) is 2.71. The molecule has 0 atom stereocenters. The van der Waals surface area contributed by atoms with Crippen LogP contribution in [0.15, 0.2) is 48.5 Å². The highest BCUT2D eigenvalue weighted by atomic mass is 127. The number of hydrogen-bond donors (Lipinski definition) is 0. The van der Waals surface area contributed by atoms with E-state index in [1.165, 1.54) is 12.1 Å². The van der Waals surface area contributed by atoms with Crippen LogP contribution in [0.25, 0.3) is 0 Å². The van der Waals surface area contributed by atoms with Gasteiger partial charge in [0.2, 0.25) is 0 Å². The van der Waals surface area contributed by atoms with Gasteiger partial charge >= 0.3 is 0 Å². The van der Waals surface area contributed by atoms with Crippen LogP contribution < -0.4 is 4.74 Å². The zero-order chi connectivity index (χ0) is 11.4. The summed E-state index contributed by atoms with van der Waals surface area (Å²) in [7, 11) is 0. The van der Waals surface area contributed by atoms with Crippen molar-refractivity contribution in [3.05, 3.63) is 63.5 Å². The Bertz CT molecular complexity index is 450. The normalized spacial score (nSPS) is 10.1. The third-order valence-electron chi connectivity index (χ3n) is 2.08. The highest BCUT2D eigenvalue weighted by Gasteiger charge is 2.00. The molecule has 0 amide bonds. The molecule has 82 valence electrons. The summed E-state index contributed by atoms with van der Waals surface area (Å²) < 4.78 is 19.4. The second kappa shape index (κ2) is 5.30. The predicted octanol–water partition coefficient (Wildman–Crippen LogP) is 4.01. The summed E-state index contributed by atoms with van der Waals surface area (Å²) in [6, 6.07) is 14.5. The zero-order valence-corrected chi connectivity index (χ0v) is 10.6. The van der Waals surface area contributed by atoms with Crippen molar-refractivity contribution in [2.45, 2.75) is 6.61 Å². The second-order valence-corrected chi connectivity index (χ2v) is 4.63. The molecule has 2 aromatic carbocycles. The van der Waals surface area contributed by atoms with Crippen LogP contribution in [0.4, 0.5) is 4.39 Å². The van der Waals surface area contributed by atoms with Gasteiger partial charge in [-0.25, -0.2) is 4.39 Å². The maximum absolute atomic E-state index is 13.1. The maximum atomic E-state index is 13.1. The molecule has 0 fully saturated rings. The Balaban J connectivity index is 2.05. The van der Waals surface area contributed by atoms with E-state index in [0.717, 1.165) is 9.13 Å². The van der Waals surface area contributed by atoms with Gasteiger partial charge in [-0.2, -0.15) is 0 Å². The van der Waals surface area contributed by atoms with Crippen molar-refractivity contribution in [1.82, 2.24) is 0 Å². The lowest BCUT2D eigenvalue weighted by Crippen LogP contribution is -1.95. The number of hydrogen-bond acceptors (Lipinski definition) is 1. The molecule has 3 heteroatoms. The Kier molecular flexibility index (Phi) is 3.77. The molecule has 0 unspecified atom stereocenters. The van der Waals surface area contributed by atoms with E-state index >= 15 is 0 Å². The zero-order valence-electron chi connectivity index (χ0n) is 8.49. The van der Waals surface area contributed by atoms with Crippen molar-refractivity contribution in [3.8, 4) is 5.75 Å². The van der Waals surface area contributed by atoms with Gasteiger partial charge in [-0.3, -0.25) is 0 Å². The summed E-state index contributed by atoms with van der Waals surface area (Å²) in [5, 5.41) is 0. The van der Waals surface area contributed by atoms with Gasteiger partial charge in [0.1, 0.15) is 18.2 Å². The van der Waals surface area contributed by atoms with Gasteiger partial charge < -0.3 is 4.74 Å². The minimum absolute atomic E-state index is 0.269. The topological polar surface area (TPSA) is 9.23 Å². The van der Waals surface area contributed by atoms with Gasteiger partial charge in [0.05, 0.1) is 0 Å². The molecule has 0 radical (unpaired) electrons. The van der Waals surface area contributed by atoms with Crippen molar-refractivity contribution in [3.63, 3.8) is 0 Å². The van der Waals surface area contributed by atoms with Gasteiger partial charge in [-0.05, 0) is 40.3 Å². The van der Waals surface area contributed by atoms with Crippen LogP contribution in [0.2, 0.25) is 0 Å². The Morgan fingerprint density at radius 1 is 1.06 bits per heavy atom. The van der Waals surface area contributed by atoms with E-state index in [2.05, 4.69) is 22.6 Å². The third kappa shape index (κ3) is 3.20.